The molecule has 1 aromatic carbocycles. The maximum absolute atomic E-state index is 11.2. The van der Waals surface area contributed by atoms with Crippen molar-refractivity contribution in [3.63, 3.8) is 0 Å². The second-order valence-electron chi connectivity index (χ2n) is 4.07. The summed E-state index contributed by atoms with van der Waals surface area (Å²) in [6, 6.07) is 2.84. The average molecular weight is 252 g/mol. The van der Waals surface area contributed by atoms with Crippen LogP contribution in [0.4, 0.5) is 5.69 Å². The molecule has 1 heterocycles. The van der Waals surface area contributed by atoms with Crippen LogP contribution < -0.4 is 15.4 Å². The fraction of sp³-hybridized carbons (Fsp3) is 0.417. The maximum Gasteiger partial charge on any atom is 0.262 e. The van der Waals surface area contributed by atoms with Gasteiger partial charge in [-0.3, -0.25) is 4.79 Å². The summed E-state index contributed by atoms with van der Waals surface area (Å²) in [5.41, 5.74) is 0.850. The van der Waals surface area contributed by atoms with E-state index in [1.807, 2.05) is 6.92 Å². The Hall–Kier alpha value is -1.79. The minimum Gasteiger partial charge on any atom is -0.508 e. The zero-order valence-corrected chi connectivity index (χ0v) is 10.1. The molecular weight excluding hydrogens is 236 g/mol. The lowest BCUT2D eigenvalue weighted by molar-refractivity contribution is -0.118. The molecule has 1 unspecified atom stereocenters. The monoisotopic (exact) mass is 252 g/mol. The number of fused-ring (bicyclic) bond motifs is 1. The van der Waals surface area contributed by atoms with E-state index < -0.39 is 6.10 Å². The highest BCUT2D eigenvalue weighted by Gasteiger charge is 2.23. The first-order valence-corrected chi connectivity index (χ1v) is 5.80. The maximum atomic E-state index is 11.2. The lowest BCUT2D eigenvalue weighted by atomic mass is 10.1. The molecule has 98 valence electrons. The summed E-state index contributed by atoms with van der Waals surface area (Å²) >= 11 is 0. The van der Waals surface area contributed by atoms with E-state index in [0.29, 0.717) is 23.5 Å². The van der Waals surface area contributed by atoms with E-state index in [1.165, 1.54) is 12.1 Å². The highest BCUT2D eigenvalue weighted by Crippen LogP contribution is 2.38. The number of hydrogen-bond donors (Lipinski definition) is 4. The van der Waals surface area contributed by atoms with Gasteiger partial charge in [0.15, 0.2) is 6.61 Å². The van der Waals surface area contributed by atoms with E-state index >= 15 is 0 Å². The molecule has 4 N–H and O–H groups in total. The van der Waals surface area contributed by atoms with Crippen LogP contribution in [0.15, 0.2) is 12.1 Å². The first-order chi connectivity index (χ1) is 8.61. The topological polar surface area (TPSA) is 90.8 Å². The molecule has 0 fully saturated rings. The van der Waals surface area contributed by atoms with Crippen molar-refractivity contribution in [3.05, 3.63) is 17.7 Å². The second-order valence-corrected chi connectivity index (χ2v) is 4.07. The van der Waals surface area contributed by atoms with Crippen molar-refractivity contribution in [2.24, 2.45) is 0 Å². The summed E-state index contributed by atoms with van der Waals surface area (Å²) in [5, 5.41) is 25.2. The Kier molecular flexibility index (Phi) is 3.69. The molecule has 0 aromatic heterocycles. The molecular formula is C12H16N2O4. The lowest BCUT2D eigenvalue weighted by Crippen LogP contribution is -2.27. The minimum absolute atomic E-state index is 0.0231. The predicted molar refractivity (Wildman–Crippen MR) is 65.7 cm³/mol. The zero-order chi connectivity index (χ0) is 13.1. The van der Waals surface area contributed by atoms with Crippen molar-refractivity contribution < 1.29 is 19.7 Å². The fourth-order valence-corrected chi connectivity index (χ4v) is 1.85. The van der Waals surface area contributed by atoms with Gasteiger partial charge in [-0.2, -0.15) is 0 Å². The summed E-state index contributed by atoms with van der Waals surface area (Å²) < 4.78 is 5.31. The van der Waals surface area contributed by atoms with Crippen LogP contribution in [0.1, 0.15) is 18.6 Å². The number of aliphatic hydroxyl groups excluding tert-OH is 1. The van der Waals surface area contributed by atoms with Gasteiger partial charge in [0.05, 0.1) is 11.8 Å². The molecule has 1 aliphatic heterocycles. The van der Waals surface area contributed by atoms with Crippen LogP contribution in [0.5, 0.6) is 11.5 Å². The number of aromatic hydroxyl groups is 1. The molecule has 18 heavy (non-hydrogen) atoms. The molecule has 0 bridgehead atoms. The number of aliphatic hydroxyl groups is 1. The number of carbonyl (C=O) groups excluding carboxylic acids is 1. The Morgan fingerprint density at radius 1 is 1.56 bits per heavy atom. The highest BCUT2D eigenvalue weighted by atomic mass is 16.5. The number of carbonyl (C=O) groups is 1. The number of anilines is 1. The third-order valence-corrected chi connectivity index (χ3v) is 2.67. The van der Waals surface area contributed by atoms with Crippen LogP contribution in [0.2, 0.25) is 0 Å². The largest absolute Gasteiger partial charge is 0.508 e. The summed E-state index contributed by atoms with van der Waals surface area (Å²) in [7, 11) is 0. The SMILES string of the molecule is CCNCC(O)c1cc(O)cc2c1OCC(=O)N2. The summed E-state index contributed by atoms with van der Waals surface area (Å²) in [6.45, 7) is 2.93. The van der Waals surface area contributed by atoms with Crippen molar-refractivity contribution in [3.8, 4) is 11.5 Å². The van der Waals surface area contributed by atoms with Crippen molar-refractivity contribution in [1.29, 1.82) is 0 Å². The van der Waals surface area contributed by atoms with Crippen LogP contribution in [-0.4, -0.2) is 35.8 Å². The average Bonchev–Trinajstić information content (AvgIpc) is 2.34. The number of hydrogen-bond acceptors (Lipinski definition) is 5. The molecule has 6 nitrogen and oxygen atoms in total. The van der Waals surface area contributed by atoms with Crippen LogP contribution >= 0.6 is 0 Å². The summed E-state index contributed by atoms with van der Waals surface area (Å²) in [4.78, 5) is 11.2. The van der Waals surface area contributed by atoms with Gasteiger partial charge in [-0.15, -0.1) is 0 Å². The van der Waals surface area contributed by atoms with Crippen LogP contribution in [-0.2, 0) is 4.79 Å². The number of amides is 1. The normalized spacial score (nSPS) is 15.6. The first kappa shape index (κ1) is 12.7. The Bertz CT molecular complexity index is 462. The third-order valence-electron chi connectivity index (χ3n) is 2.67. The summed E-state index contributed by atoms with van der Waals surface area (Å²) in [5.74, 6) is 0.114. The molecule has 0 aliphatic carbocycles. The molecule has 0 spiro atoms. The second kappa shape index (κ2) is 5.24. The van der Waals surface area contributed by atoms with Gasteiger partial charge in [-0.25, -0.2) is 0 Å². The molecule has 1 atom stereocenters. The van der Waals surface area contributed by atoms with Crippen molar-refractivity contribution in [1.82, 2.24) is 5.32 Å². The van der Waals surface area contributed by atoms with Gasteiger partial charge in [0, 0.05) is 18.2 Å². The lowest BCUT2D eigenvalue weighted by Gasteiger charge is -2.23. The van der Waals surface area contributed by atoms with Gasteiger partial charge in [-0.1, -0.05) is 6.92 Å². The quantitative estimate of drug-likeness (QED) is 0.621. The highest BCUT2D eigenvalue weighted by molar-refractivity contribution is 5.96. The molecule has 1 aromatic rings. The minimum atomic E-state index is -0.805. The molecule has 0 radical (unpaired) electrons. The molecule has 2 rings (SSSR count). The number of rotatable bonds is 4. The Balaban J connectivity index is 2.32. The van der Waals surface area contributed by atoms with E-state index in [-0.39, 0.29) is 18.3 Å². The number of benzene rings is 1. The Labute approximate surface area is 105 Å². The van der Waals surface area contributed by atoms with E-state index in [9.17, 15) is 15.0 Å². The fourth-order valence-electron chi connectivity index (χ4n) is 1.85. The van der Waals surface area contributed by atoms with Gasteiger partial charge >= 0.3 is 0 Å². The van der Waals surface area contributed by atoms with Crippen LogP contribution in [0, 0.1) is 0 Å². The van der Waals surface area contributed by atoms with Crippen molar-refractivity contribution in [2.45, 2.75) is 13.0 Å². The molecule has 1 amide bonds. The molecule has 0 saturated carbocycles. The Morgan fingerprint density at radius 2 is 2.33 bits per heavy atom. The van der Waals surface area contributed by atoms with E-state index in [1.54, 1.807) is 0 Å². The van der Waals surface area contributed by atoms with Crippen molar-refractivity contribution in [2.75, 3.05) is 25.0 Å². The van der Waals surface area contributed by atoms with E-state index in [4.69, 9.17) is 4.74 Å². The first-order valence-electron chi connectivity index (χ1n) is 5.80. The van der Waals surface area contributed by atoms with E-state index in [2.05, 4.69) is 10.6 Å². The number of ether oxygens (including phenoxy) is 1. The van der Waals surface area contributed by atoms with Gasteiger partial charge in [-0.05, 0) is 12.6 Å². The molecule has 6 heteroatoms. The van der Waals surface area contributed by atoms with Gasteiger partial charge < -0.3 is 25.6 Å². The number of likely N-dealkylation sites (N-methyl/N-ethyl adjacent to an activating group) is 1. The standard InChI is InChI=1S/C12H16N2O4/c1-2-13-5-10(16)8-3-7(15)4-9-12(8)18-6-11(17)14-9/h3-4,10,13,15-16H,2,5-6H2,1H3,(H,14,17). The van der Waals surface area contributed by atoms with Gasteiger partial charge in [0.2, 0.25) is 0 Å². The zero-order valence-electron chi connectivity index (χ0n) is 10.1. The molecule has 0 saturated heterocycles. The van der Waals surface area contributed by atoms with Gasteiger partial charge in [0.25, 0.3) is 5.91 Å². The predicted octanol–water partition coefficient (Wildman–Crippen LogP) is 0.366. The number of phenols is 1. The van der Waals surface area contributed by atoms with Crippen LogP contribution in [0.25, 0.3) is 0 Å². The number of phenolic OH excluding ortho intramolecular Hbond substituents is 1. The Morgan fingerprint density at radius 3 is 3.06 bits per heavy atom. The van der Waals surface area contributed by atoms with Crippen molar-refractivity contribution >= 4 is 11.6 Å². The number of nitrogens with one attached hydrogen (secondary N) is 2. The smallest absolute Gasteiger partial charge is 0.262 e. The third kappa shape index (κ3) is 2.55. The summed E-state index contributed by atoms with van der Waals surface area (Å²) in [6.07, 6.45) is -0.805. The van der Waals surface area contributed by atoms with E-state index in [0.717, 1.165) is 6.54 Å². The van der Waals surface area contributed by atoms with Gasteiger partial charge in [0.1, 0.15) is 11.5 Å². The molecule has 1 aliphatic rings. The van der Waals surface area contributed by atoms with Crippen LogP contribution in [0.3, 0.4) is 0 Å².